The maximum absolute atomic E-state index is 12.6. The Hall–Kier alpha value is -2.67. The summed E-state index contributed by atoms with van der Waals surface area (Å²) in [5.41, 5.74) is 2.37. The lowest BCUT2D eigenvalue weighted by atomic mass is 9.95. The summed E-state index contributed by atoms with van der Waals surface area (Å²) in [6, 6.07) is 7.92. The van der Waals surface area contributed by atoms with Crippen molar-refractivity contribution in [2.45, 2.75) is 33.6 Å². The molecule has 1 aliphatic rings. The third-order valence-corrected chi connectivity index (χ3v) is 6.98. The van der Waals surface area contributed by atoms with Crippen LogP contribution in [0, 0.1) is 26.7 Å². The molecule has 0 unspecified atom stereocenters. The summed E-state index contributed by atoms with van der Waals surface area (Å²) in [5.74, 6) is 2.04. The fourth-order valence-corrected chi connectivity index (χ4v) is 4.95. The van der Waals surface area contributed by atoms with Crippen LogP contribution in [0.1, 0.15) is 28.8 Å². The summed E-state index contributed by atoms with van der Waals surface area (Å²) in [4.78, 5) is 26.2. The van der Waals surface area contributed by atoms with E-state index < -0.39 is 0 Å². The number of rotatable bonds is 6. The molecule has 30 heavy (non-hydrogen) atoms. The van der Waals surface area contributed by atoms with Gasteiger partial charge in [-0.3, -0.25) is 4.79 Å². The molecule has 0 spiro atoms. The van der Waals surface area contributed by atoms with Crippen LogP contribution < -0.4 is 15.0 Å². The zero-order valence-corrected chi connectivity index (χ0v) is 18.6. The van der Waals surface area contributed by atoms with Crippen LogP contribution >= 0.6 is 11.3 Å². The van der Waals surface area contributed by atoms with E-state index >= 15 is 0 Å². The minimum absolute atomic E-state index is 0.0438. The van der Waals surface area contributed by atoms with E-state index in [1.807, 2.05) is 31.2 Å². The Balaban J connectivity index is 1.28. The number of hydrogen-bond donors (Lipinski definition) is 1. The second kappa shape index (κ2) is 9.00. The predicted octanol–water partition coefficient (Wildman–Crippen LogP) is 4.03. The zero-order valence-electron chi connectivity index (χ0n) is 17.8. The van der Waals surface area contributed by atoms with Crippen LogP contribution in [0.25, 0.3) is 10.2 Å². The number of piperidine rings is 1. The van der Waals surface area contributed by atoms with Crippen molar-refractivity contribution in [2.24, 2.45) is 5.92 Å². The number of ether oxygens (including phenoxy) is 1. The third-order valence-electron chi connectivity index (χ3n) is 5.86. The number of aryl methyl sites for hydroxylation is 3. The zero-order chi connectivity index (χ0) is 21.1. The molecular weight excluding hydrogens is 396 g/mol. The van der Waals surface area contributed by atoms with Crippen LogP contribution in [0.3, 0.4) is 0 Å². The normalized spacial score (nSPS) is 14.8. The molecule has 0 radical (unpaired) electrons. The number of carbonyl (C=O) groups is 1. The molecule has 6 nitrogen and oxygen atoms in total. The molecule has 158 valence electrons. The van der Waals surface area contributed by atoms with Gasteiger partial charge in [-0.05, 0) is 50.8 Å². The van der Waals surface area contributed by atoms with Crippen LogP contribution in [-0.2, 0) is 4.79 Å². The summed E-state index contributed by atoms with van der Waals surface area (Å²) >= 11 is 1.72. The molecule has 1 saturated heterocycles. The minimum atomic E-state index is 0.0438. The molecule has 3 aromatic rings. The number of nitrogens with one attached hydrogen (secondary N) is 1. The number of fused-ring (bicyclic) bond motifs is 1. The highest BCUT2D eigenvalue weighted by molar-refractivity contribution is 7.18. The Bertz CT molecular complexity index is 1040. The number of benzene rings is 1. The van der Waals surface area contributed by atoms with Gasteiger partial charge in [-0.2, -0.15) is 0 Å². The summed E-state index contributed by atoms with van der Waals surface area (Å²) in [6.07, 6.45) is 3.32. The van der Waals surface area contributed by atoms with Gasteiger partial charge in [-0.1, -0.05) is 18.2 Å². The molecule has 1 aliphatic heterocycles. The highest BCUT2D eigenvalue weighted by Crippen LogP contribution is 2.35. The monoisotopic (exact) mass is 424 g/mol. The van der Waals surface area contributed by atoms with Crippen LogP contribution in [-0.4, -0.2) is 42.1 Å². The Labute approximate surface area is 181 Å². The fraction of sp³-hybridized carbons (Fsp3) is 0.435. The first-order valence-corrected chi connectivity index (χ1v) is 11.3. The number of thiophene rings is 1. The Morgan fingerprint density at radius 2 is 1.97 bits per heavy atom. The number of aromatic nitrogens is 2. The van der Waals surface area contributed by atoms with Gasteiger partial charge in [0, 0.05) is 23.9 Å². The fourth-order valence-electron chi connectivity index (χ4n) is 3.95. The molecule has 1 fully saturated rings. The first kappa shape index (κ1) is 20.6. The van der Waals surface area contributed by atoms with Crippen molar-refractivity contribution >= 4 is 33.3 Å². The number of amides is 1. The molecule has 0 aliphatic carbocycles. The van der Waals surface area contributed by atoms with Gasteiger partial charge < -0.3 is 15.0 Å². The SMILES string of the molecule is Cc1ccccc1OCCNC(=O)C1CCN(c2ncnc3sc(C)c(C)c23)CC1. The molecule has 2 aromatic heterocycles. The quantitative estimate of drug-likeness (QED) is 0.605. The van der Waals surface area contributed by atoms with E-state index in [4.69, 9.17) is 4.74 Å². The van der Waals surface area contributed by atoms with Crippen molar-refractivity contribution in [1.29, 1.82) is 0 Å². The van der Waals surface area contributed by atoms with Gasteiger partial charge >= 0.3 is 0 Å². The molecule has 7 heteroatoms. The van der Waals surface area contributed by atoms with Gasteiger partial charge in [-0.25, -0.2) is 9.97 Å². The van der Waals surface area contributed by atoms with Crippen molar-refractivity contribution in [3.8, 4) is 5.75 Å². The van der Waals surface area contributed by atoms with E-state index in [1.165, 1.54) is 10.4 Å². The van der Waals surface area contributed by atoms with Gasteiger partial charge in [0.2, 0.25) is 5.91 Å². The third kappa shape index (κ3) is 4.26. The highest BCUT2D eigenvalue weighted by atomic mass is 32.1. The van der Waals surface area contributed by atoms with Crippen LogP contribution in [0.2, 0.25) is 0 Å². The molecule has 1 aromatic carbocycles. The van der Waals surface area contributed by atoms with E-state index in [0.717, 1.165) is 53.3 Å². The number of carbonyl (C=O) groups excluding carboxylic acids is 1. The Kier molecular flexibility index (Phi) is 6.18. The van der Waals surface area contributed by atoms with Crippen LogP contribution in [0.5, 0.6) is 5.75 Å². The smallest absolute Gasteiger partial charge is 0.223 e. The van der Waals surface area contributed by atoms with E-state index in [1.54, 1.807) is 17.7 Å². The van der Waals surface area contributed by atoms with Gasteiger partial charge in [0.15, 0.2) is 0 Å². The number of nitrogens with zero attached hydrogens (tertiary/aromatic N) is 3. The first-order valence-electron chi connectivity index (χ1n) is 10.5. The van der Waals surface area contributed by atoms with Crippen molar-refractivity contribution in [2.75, 3.05) is 31.1 Å². The van der Waals surface area contributed by atoms with Crippen LogP contribution in [0.4, 0.5) is 5.82 Å². The molecule has 3 heterocycles. The average Bonchev–Trinajstić information content (AvgIpc) is 3.06. The molecule has 0 saturated carbocycles. The topological polar surface area (TPSA) is 67.3 Å². The largest absolute Gasteiger partial charge is 0.491 e. The Morgan fingerprint density at radius 3 is 2.73 bits per heavy atom. The summed E-state index contributed by atoms with van der Waals surface area (Å²) in [5, 5.41) is 4.20. The summed E-state index contributed by atoms with van der Waals surface area (Å²) < 4.78 is 5.77. The second-order valence-corrected chi connectivity index (χ2v) is 9.03. The van der Waals surface area contributed by atoms with Crippen LogP contribution in [0.15, 0.2) is 30.6 Å². The van der Waals surface area contributed by atoms with Gasteiger partial charge in [-0.15, -0.1) is 11.3 Å². The van der Waals surface area contributed by atoms with E-state index in [0.29, 0.717) is 13.2 Å². The Morgan fingerprint density at radius 1 is 1.20 bits per heavy atom. The standard InChI is InChI=1S/C23H28N4O2S/c1-15-6-4-5-7-19(15)29-13-10-24-22(28)18-8-11-27(12-9-18)21-20-16(2)17(3)30-23(20)26-14-25-21/h4-7,14,18H,8-13H2,1-3H3,(H,24,28). The minimum Gasteiger partial charge on any atom is -0.491 e. The van der Waals surface area contributed by atoms with E-state index in [2.05, 4.69) is 34.0 Å². The molecule has 1 amide bonds. The summed E-state index contributed by atoms with van der Waals surface area (Å²) in [7, 11) is 0. The average molecular weight is 425 g/mol. The highest BCUT2D eigenvalue weighted by Gasteiger charge is 2.27. The lowest BCUT2D eigenvalue weighted by Crippen LogP contribution is -2.41. The number of anilines is 1. The van der Waals surface area contributed by atoms with Crippen molar-refractivity contribution in [3.63, 3.8) is 0 Å². The van der Waals surface area contributed by atoms with Gasteiger partial charge in [0.05, 0.1) is 11.9 Å². The maximum Gasteiger partial charge on any atom is 0.223 e. The molecule has 0 atom stereocenters. The van der Waals surface area contributed by atoms with E-state index in [9.17, 15) is 4.79 Å². The number of hydrogen-bond acceptors (Lipinski definition) is 6. The van der Waals surface area contributed by atoms with Gasteiger partial charge in [0.1, 0.15) is 29.3 Å². The first-order chi connectivity index (χ1) is 14.5. The van der Waals surface area contributed by atoms with Crippen molar-refractivity contribution in [3.05, 3.63) is 46.6 Å². The summed E-state index contributed by atoms with van der Waals surface area (Å²) in [6.45, 7) is 8.95. The second-order valence-electron chi connectivity index (χ2n) is 7.83. The number of para-hydroxylation sites is 1. The van der Waals surface area contributed by atoms with Crippen molar-refractivity contribution < 1.29 is 9.53 Å². The molecular formula is C23H28N4O2S. The van der Waals surface area contributed by atoms with Crippen molar-refractivity contribution in [1.82, 2.24) is 15.3 Å². The molecule has 0 bridgehead atoms. The molecule has 4 rings (SSSR count). The van der Waals surface area contributed by atoms with E-state index in [-0.39, 0.29) is 11.8 Å². The lowest BCUT2D eigenvalue weighted by molar-refractivity contribution is -0.125. The predicted molar refractivity (Wildman–Crippen MR) is 122 cm³/mol. The maximum atomic E-state index is 12.6. The lowest BCUT2D eigenvalue weighted by Gasteiger charge is -2.32. The molecule has 1 N–H and O–H groups in total. The van der Waals surface area contributed by atoms with Gasteiger partial charge in [0.25, 0.3) is 0 Å².